The standard InChI is InChI=1S/C24H27N3O2.C2H6/c1-24(2,3)22(17-7-9-19(10-8-17)23(25)27-28)18-11-13-21(14-12-18)29-16-20-6-4-5-15-26-20;1-2/h4-15,22,28H,16H2,1-3H3,(H2,25,27);1-2H3. The van der Waals surface area contributed by atoms with Crippen molar-refractivity contribution in [3.8, 4) is 5.75 Å². The molecule has 1 unspecified atom stereocenters. The molecule has 2 aromatic carbocycles. The predicted molar refractivity (Wildman–Crippen MR) is 127 cm³/mol. The third-order valence-electron chi connectivity index (χ3n) is 4.84. The van der Waals surface area contributed by atoms with Gasteiger partial charge in [-0.05, 0) is 40.8 Å². The Morgan fingerprint density at radius 3 is 2.03 bits per heavy atom. The van der Waals surface area contributed by atoms with Gasteiger partial charge in [0.05, 0.1) is 5.69 Å². The second kappa shape index (κ2) is 11.2. The molecule has 0 fully saturated rings. The zero-order valence-corrected chi connectivity index (χ0v) is 19.0. The van der Waals surface area contributed by atoms with E-state index in [9.17, 15) is 0 Å². The van der Waals surface area contributed by atoms with E-state index in [1.807, 2.05) is 68.4 Å². The Hall–Kier alpha value is -3.34. The number of pyridine rings is 1. The minimum Gasteiger partial charge on any atom is -0.487 e. The van der Waals surface area contributed by atoms with Gasteiger partial charge in [0, 0.05) is 17.7 Å². The van der Waals surface area contributed by atoms with Crippen molar-refractivity contribution in [3.63, 3.8) is 0 Å². The van der Waals surface area contributed by atoms with Gasteiger partial charge < -0.3 is 15.7 Å². The first-order chi connectivity index (χ1) is 14.9. The Balaban J connectivity index is 0.00000166. The lowest BCUT2D eigenvalue weighted by molar-refractivity contribution is 0.301. The van der Waals surface area contributed by atoms with Crippen LogP contribution in [0.5, 0.6) is 5.75 Å². The zero-order valence-electron chi connectivity index (χ0n) is 19.0. The molecular formula is C26H33N3O2. The second-order valence-corrected chi connectivity index (χ2v) is 8.09. The maximum atomic E-state index is 8.86. The molecule has 1 heterocycles. The highest BCUT2D eigenvalue weighted by atomic mass is 16.5. The molecule has 1 atom stereocenters. The molecule has 3 N–H and O–H groups in total. The third kappa shape index (κ3) is 6.57. The van der Waals surface area contributed by atoms with Gasteiger partial charge in [-0.25, -0.2) is 0 Å². The average molecular weight is 420 g/mol. The van der Waals surface area contributed by atoms with Crippen LogP contribution < -0.4 is 10.5 Å². The van der Waals surface area contributed by atoms with E-state index in [0.29, 0.717) is 12.2 Å². The molecule has 0 aliphatic carbocycles. The molecule has 0 aliphatic heterocycles. The molecule has 0 saturated carbocycles. The van der Waals surface area contributed by atoms with E-state index < -0.39 is 0 Å². The van der Waals surface area contributed by atoms with Crippen LogP contribution in [0.2, 0.25) is 0 Å². The average Bonchev–Trinajstić information content (AvgIpc) is 2.80. The van der Waals surface area contributed by atoms with E-state index in [0.717, 1.165) is 11.4 Å². The van der Waals surface area contributed by atoms with E-state index in [-0.39, 0.29) is 17.2 Å². The highest BCUT2D eigenvalue weighted by Crippen LogP contribution is 2.41. The van der Waals surface area contributed by atoms with Crippen molar-refractivity contribution in [1.29, 1.82) is 0 Å². The van der Waals surface area contributed by atoms with Crippen LogP contribution in [-0.2, 0) is 6.61 Å². The van der Waals surface area contributed by atoms with Crippen molar-refractivity contribution in [3.05, 3.63) is 95.3 Å². The van der Waals surface area contributed by atoms with Crippen molar-refractivity contribution in [2.45, 2.75) is 47.1 Å². The van der Waals surface area contributed by atoms with Crippen LogP contribution in [0.1, 0.15) is 62.9 Å². The molecular weight excluding hydrogens is 386 g/mol. The van der Waals surface area contributed by atoms with E-state index in [1.165, 1.54) is 11.1 Å². The summed E-state index contributed by atoms with van der Waals surface area (Å²) in [6.45, 7) is 11.1. The number of benzene rings is 2. The minimum absolute atomic E-state index is 0.00839. The van der Waals surface area contributed by atoms with Gasteiger partial charge in [-0.2, -0.15) is 0 Å². The molecule has 0 spiro atoms. The summed E-state index contributed by atoms with van der Waals surface area (Å²) in [7, 11) is 0. The van der Waals surface area contributed by atoms with E-state index >= 15 is 0 Å². The monoisotopic (exact) mass is 419 g/mol. The van der Waals surface area contributed by atoms with Crippen molar-refractivity contribution in [2.75, 3.05) is 0 Å². The summed E-state index contributed by atoms with van der Waals surface area (Å²) in [5, 5.41) is 11.9. The molecule has 0 radical (unpaired) electrons. The Bertz CT molecular complexity index is 945. The Morgan fingerprint density at radius 2 is 1.55 bits per heavy atom. The minimum atomic E-state index is 0.00839. The molecule has 164 valence electrons. The van der Waals surface area contributed by atoms with Crippen LogP contribution >= 0.6 is 0 Å². The van der Waals surface area contributed by atoms with E-state index in [2.05, 4.69) is 43.0 Å². The van der Waals surface area contributed by atoms with Crippen LogP contribution in [0.4, 0.5) is 0 Å². The van der Waals surface area contributed by atoms with Crippen LogP contribution in [0, 0.1) is 5.41 Å². The topological polar surface area (TPSA) is 80.7 Å². The number of oxime groups is 1. The number of nitrogens with zero attached hydrogens (tertiary/aromatic N) is 2. The number of amidine groups is 1. The summed E-state index contributed by atoms with van der Waals surface area (Å²) in [6, 6.07) is 21.9. The van der Waals surface area contributed by atoms with Gasteiger partial charge in [0.2, 0.25) is 0 Å². The lowest BCUT2D eigenvalue weighted by Crippen LogP contribution is -2.20. The van der Waals surface area contributed by atoms with Crippen LogP contribution in [0.25, 0.3) is 0 Å². The number of hydrogen-bond donors (Lipinski definition) is 2. The molecule has 5 nitrogen and oxygen atoms in total. The third-order valence-corrected chi connectivity index (χ3v) is 4.84. The first-order valence-corrected chi connectivity index (χ1v) is 10.6. The van der Waals surface area contributed by atoms with Gasteiger partial charge in [0.1, 0.15) is 12.4 Å². The Kier molecular flexibility index (Phi) is 8.62. The molecule has 1 aromatic heterocycles. The van der Waals surface area contributed by atoms with Gasteiger partial charge in [-0.3, -0.25) is 4.98 Å². The molecule has 0 saturated heterocycles. The highest BCUT2D eigenvalue weighted by Gasteiger charge is 2.28. The fourth-order valence-corrected chi connectivity index (χ4v) is 3.49. The molecule has 31 heavy (non-hydrogen) atoms. The molecule has 5 heteroatoms. The molecule has 0 amide bonds. The van der Waals surface area contributed by atoms with Crippen LogP contribution in [-0.4, -0.2) is 16.0 Å². The SMILES string of the molecule is CC.CC(C)(C)C(c1ccc(OCc2ccccn2)cc1)c1ccc(/C(N)=N\O)cc1. The Labute approximate surface area is 185 Å². The summed E-state index contributed by atoms with van der Waals surface area (Å²) in [4.78, 5) is 4.28. The molecule has 0 aliphatic rings. The van der Waals surface area contributed by atoms with Gasteiger partial charge in [-0.1, -0.05) is 82.2 Å². The van der Waals surface area contributed by atoms with Gasteiger partial charge >= 0.3 is 0 Å². The fraction of sp³-hybridized carbons (Fsp3) is 0.308. The van der Waals surface area contributed by atoms with Crippen molar-refractivity contribution >= 4 is 5.84 Å². The number of ether oxygens (including phenoxy) is 1. The van der Waals surface area contributed by atoms with Gasteiger partial charge in [0.25, 0.3) is 0 Å². The predicted octanol–water partition coefficient (Wildman–Crippen LogP) is 5.96. The van der Waals surface area contributed by atoms with E-state index in [1.54, 1.807) is 6.20 Å². The van der Waals surface area contributed by atoms with Gasteiger partial charge in [0.15, 0.2) is 5.84 Å². The molecule has 3 aromatic rings. The number of aromatic nitrogens is 1. The van der Waals surface area contributed by atoms with Crippen molar-refractivity contribution < 1.29 is 9.94 Å². The normalized spacial score (nSPS) is 12.5. The van der Waals surface area contributed by atoms with Crippen molar-refractivity contribution in [2.24, 2.45) is 16.3 Å². The van der Waals surface area contributed by atoms with Crippen LogP contribution in [0.15, 0.2) is 78.1 Å². The van der Waals surface area contributed by atoms with Crippen LogP contribution in [0.3, 0.4) is 0 Å². The smallest absolute Gasteiger partial charge is 0.170 e. The quantitative estimate of drug-likeness (QED) is 0.224. The fourth-order valence-electron chi connectivity index (χ4n) is 3.49. The maximum Gasteiger partial charge on any atom is 0.170 e. The lowest BCUT2D eigenvalue weighted by atomic mass is 9.72. The molecule has 0 bridgehead atoms. The van der Waals surface area contributed by atoms with Gasteiger partial charge in [-0.15, -0.1) is 0 Å². The lowest BCUT2D eigenvalue weighted by Gasteiger charge is -2.32. The molecule has 3 rings (SSSR count). The second-order valence-electron chi connectivity index (χ2n) is 8.09. The highest BCUT2D eigenvalue weighted by molar-refractivity contribution is 5.97. The van der Waals surface area contributed by atoms with Crippen molar-refractivity contribution in [1.82, 2.24) is 4.98 Å². The Morgan fingerprint density at radius 1 is 0.968 bits per heavy atom. The number of rotatable bonds is 6. The largest absolute Gasteiger partial charge is 0.487 e. The van der Waals surface area contributed by atoms with E-state index in [4.69, 9.17) is 15.7 Å². The first-order valence-electron chi connectivity index (χ1n) is 10.6. The summed E-state index contributed by atoms with van der Waals surface area (Å²) in [5.74, 6) is 1.11. The zero-order chi connectivity index (χ0) is 22.9. The summed E-state index contributed by atoms with van der Waals surface area (Å²) >= 11 is 0. The maximum absolute atomic E-state index is 8.86. The first kappa shape index (κ1) is 23.9. The number of hydrogen-bond acceptors (Lipinski definition) is 4. The summed E-state index contributed by atoms with van der Waals surface area (Å²) in [6.07, 6.45) is 1.76. The summed E-state index contributed by atoms with van der Waals surface area (Å²) < 4.78 is 5.86. The number of nitrogens with two attached hydrogens (primary N) is 1. The summed E-state index contributed by atoms with van der Waals surface area (Å²) in [5.41, 5.74) is 9.67.